The van der Waals surface area contributed by atoms with Crippen molar-refractivity contribution in [1.82, 2.24) is 4.98 Å². The standard InChI is InChI=1S/C10H6F7NO3/c1-2-20-8(19)6-4(21-10(15,16)17)3-5(9(12,13)14)18-7(6)11/h3H,2H2,1H3. The molecule has 0 aromatic carbocycles. The fraction of sp³-hybridized carbons (Fsp3) is 0.400. The van der Waals surface area contributed by atoms with E-state index in [9.17, 15) is 35.5 Å². The summed E-state index contributed by atoms with van der Waals surface area (Å²) in [5.41, 5.74) is -3.45. The van der Waals surface area contributed by atoms with Crippen LogP contribution < -0.4 is 4.74 Å². The highest BCUT2D eigenvalue weighted by atomic mass is 19.4. The molecule has 0 spiro atoms. The summed E-state index contributed by atoms with van der Waals surface area (Å²) in [6, 6.07) is -0.233. The van der Waals surface area contributed by atoms with Crippen molar-refractivity contribution >= 4 is 5.97 Å². The van der Waals surface area contributed by atoms with Crippen LogP contribution in [0.25, 0.3) is 0 Å². The minimum atomic E-state index is -5.43. The number of hydrogen-bond acceptors (Lipinski definition) is 4. The molecule has 0 unspecified atom stereocenters. The third-order valence-corrected chi connectivity index (χ3v) is 1.93. The van der Waals surface area contributed by atoms with Crippen LogP contribution in [-0.4, -0.2) is 23.9 Å². The molecule has 1 rings (SSSR count). The fourth-order valence-electron chi connectivity index (χ4n) is 1.23. The maximum atomic E-state index is 13.4. The number of rotatable bonds is 3. The molecule has 0 atom stereocenters. The zero-order valence-corrected chi connectivity index (χ0v) is 10.1. The Hall–Kier alpha value is -2.07. The van der Waals surface area contributed by atoms with Gasteiger partial charge in [0.25, 0.3) is 0 Å². The number of hydrogen-bond donors (Lipinski definition) is 0. The number of alkyl halides is 6. The SMILES string of the molecule is CCOC(=O)c1c(OC(F)(F)F)cc(C(F)(F)F)nc1F. The van der Waals surface area contributed by atoms with Crippen LogP contribution >= 0.6 is 0 Å². The van der Waals surface area contributed by atoms with Gasteiger partial charge in [0.1, 0.15) is 0 Å². The Kier molecular flexibility index (Phi) is 4.64. The van der Waals surface area contributed by atoms with E-state index in [1.807, 2.05) is 0 Å². The molecule has 1 heterocycles. The summed E-state index contributed by atoms with van der Waals surface area (Å²) in [5.74, 6) is -5.39. The average Bonchev–Trinajstić information content (AvgIpc) is 2.24. The first-order chi connectivity index (χ1) is 9.45. The van der Waals surface area contributed by atoms with Gasteiger partial charge in [0.05, 0.1) is 6.61 Å². The van der Waals surface area contributed by atoms with Crippen LogP contribution in [0.5, 0.6) is 5.75 Å². The van der Waals surface area contributed by atoms with Crippen molar-refractivity contribution in [2.75, 3.05) is 6.61 Å². The maximum Gasteiger partial charge on any atom is 0.573 e. The summed E-state index contributed by atoms with van der Waals surface area (Å²) in [6.07, 6.45) is -10.7. The van der Waals surface area contributed by atoms with E-state index in [1.54, 1.807) is 0 Å². The Bertz CT molecular complexity index is 539. The molecule has 0 N–H and O–H groups in total. The zero-order valence-electron chi connectivity index (χ0n) is 10.1. The highest BCUT2D eigenvalue weighted by molar-refractivity contribution is 5.92. The van der Waals surface area contributed by atoms with Gasteiger partial charge >= 0.3 is 18.5 Å². The summed E-state index contributed by atoms with van der Waals surface area (Å²) >= 11 is 0. The molecule has 0 aliphatic carbocycles. The van der Waals surface area contributed by atoms with Crippen molar-refractivity contribution in [3.05, 3.63) is 23.3 Å². The zero-order chi connectivity index (χ0) is 16.4. The molecule has 0 aliphatic rings. The highest BCUT2D eigenvalue weighted by Gasteiger charge is 2.39. The Morgan fingerprint density at radius 1 is 1.24 bits per heavy atom. The number of pyridine rings is 1. The van der Waals surface area contributed by atoms with E-state index in [0.717, 1.165) is 0 Å². The lowest BCUT2D eigenvalue weighted by Gasteiger charge is -2.15. The molecule has 11 heteroatoms. The highest BCUT2D eigenvalue weighted by Crippen LogP contribution is 2.35. The first kappa shape index (κ1) is 17.0. The average molecular weight is 321 g/mol. The van der Waals surface area contributed by atoms with E-state index >= 15 is 0 Å². The number of ether oxygens (including phenoxy) is 2. The van der Waals surface area contributed by atoms with Gasteiger partial charge in [0, 0.05) is 6.07 Å². The first-order valence-electron chi connectivity index (χ1n) is 5.16. The smallest absolute Gasteiger partial charge is 0.462 e. The van der Waals surface area contributed by atoms with Crippen LogP contribution in [0.3, 0.4) is 0 Å². The Balaban J connectivity index is 3.44. The molecular formula is C10H6F7NO3. The molecule has 0 amide bonds. The minimum Gasteiger partial charge on any atom is -0.462 e. The lowest BCUT2D eigenvalue weighted by molar-refractivity contribution is -0.275. The summed E-state index contributed by atoms with van der Waals surface area (Å²) in [4.78, 5) is 13.7. The van der Waals surface area contributed by atoms with Gasteiger partial charge in [-0.3, -0.25) is 0 Å². The van der Waals surface area contributed by atoms with E-state index < -0.39 is 41.5 Å². The summed E-state index contributed by atoms with van der Waals surface area (Å²) in [7, 11) is 0. The van der Waals surface area contributed by atoms with Gasteiger partial charge in [0.2, 0.25) is 5.95 Å². The quantitative estimate of drug-likeness (QED) is 0.487. The van der Waals surface area contributed by atoms with Gasteiger partial charge in [0.15, 0.2) is 17.0 Å². The molecule has 21 heavy (non-hydrogen) atoms. The Morgan fingerprint density at radius 2 is 1.81 bits per heavy atom. The predicted octanol–water partition coefficient (Wildman–Crippen LogP) is 3.31. The van der Waals surface area contributed by atoms with Gasteiger partial charge in [-0.1, -0.05) is 0 Å². The monoisotopic (exact) mass is 321 g/mol. The van der Waals surface area contributed by atoms with Crippen molar-refractivity contribution in [3.8, 4) is 5.75 Å². The number of nitrogens with zero attached hydrogens (tertiary/aromatic N) is 1. The van der Waals surface area contributed by atoms with Crippen LogP contribution in [0.4, 0.5) is 30.7 Å². The molecule has 4 nitrogen and oxygen atoms in total. The van der Waals surface area contributed by atoms with E-state index in [4.69, 9.17) is 0 Å². The van der Waals surface area contributed by atoms with Crippen molar-refractivity contribution in [1.29, 1.82) is 0 Å². The number of carbonyl (C=O) groups is 1. The van der Waals surface area contributed by atoms with E-state index in [2.05, 4.69) is 14.5 Å². The minimum absolute atomic E-state index is 0.233. The second kappa shape index (κ2) is 5.74. The first-order valence-corrected chi connectivity index (χ1v) is 5.16. The molecule has 118 valence electrons. The number of carbonyl (C=O) groups excluding carboxylic acids is 1. The normalized spacial score (nSPS) is 12.2. The summed E-state index contributed by atoms with van der Waals surface area (Å²) < 4.78 is 94.4. The maximum absolute atomic E-state index is 13.4. The van der Waals surface area contributed by atoms with Crippen molar-refractivity contribution in [3.63, 3.8) is 0 Å². The van der Waals surface area contributed by atoms with E-state index in [-0.39, 0.29) is 12.7 Å². The topological polar surface area (TPSA) is 48.4 Å². The summed E-state index contributed by atoms with van der Waals surface area (Å²) in [6.45, 7) is 0.919. The summed E-state index contributed by atoms with van der Waals surface area (Å²) in [5, 5.41) is 0. The molecule has 0 saturated carbocycles. The van der Waals surface area contributed by atoms with Gasteiger partial charge in [-0.2, -0.15) is 17.6 Å². The Morgan fingerprint density at radius 3 is 2.24 bits per heavy atom. The molecular weight excluding hydrogens is 315 g/mol. The number of halogens is 7. The van der Waals surface area contributed by atoms with Crippen LogP contribution in [0.1, 0.15) is 23.0 Å². The molecule has 1 aromatic heterocycles. The number of aromatic nitrogens is 1. The van der Waals surface area contributed by atoms with E-state index in [1.165, 1.54) is 6.92 Å². The molecule has 0 bridgehead atoms. The second-order valence-corrected chi connectivity index (χ2v) is 3.44. The van der Waals surface area contributed by atoms with Crippen molar-refractivity contribution in [2.45, 2.75) is 19.5 Å². The predicted molar refractivity (Wildman–Crippen MR) is 51.8 cm³/mol. The van der Waals surface area contributed by atoms with Gasteiger partial charge in [-0.05, 0) is 6.92 Å². The van der Waals surface area contributed by atoms with Crippen LogP contribution in [0, 0.1) is 5.95 Å². The third-order valence-electron chi connectivity index (χ3n) is 1.93. The van der Waals surface area contributed by atoms with E-state index in [0.29, 0.717) is 0 Å². The molecule has 0 fully saturated rings. The molecule has 1 aromatic rings. The van der Waals surface area contributed by atoms with Crippen LogP contribution in [-0.2, 0) is 10.9 Å². The lowest BCUT2D eigenvalue weighted by atomic mass is 10.2. The van der Waals surface area contributed by atoms with Crippen LogP contribution in [0.2, 0.25) is 0 Å². The second-order valence-electron chi connectivity index (χ2n) is 3.44. The van der Waals surface area contributed by atoms with Gasteiger partial charge in [-0.25, -0.2) is 9.78 Å². The molecule has 0 radical (unpaired) electrons. The van der Waals surface area contributed by atoms with Crippen LogP contribution in [0.15, 0.2) is 6.07 Å². The lowest BCUT2D eigenvalue weighted by Crippen LogP contribution is -2.22. The van der Waals surface area contributed by atoms with Gasteiger partial charge in [-0.15, -0.1) is 13.2 Å². The van der Waals surface area contributed by atoms with Crippen molar-refractivity contribution in [2.24, 2.45) is 0 Å². The van der Waals surface area contributed by atoms with Gasteiger partial charge < -0.3 is 9.47 Å². The molecule has 0 saturated heterocycles. The van der Waals surface area contributed by atoms with Crippen molar-refractivity contribution < 1.29 is 45.0 Å². The molecule has 0 aliphatic heterocycles. The third kappa shape index (κ3) is 4.46. The number of esters is 1. The largest absolute Gasteiger partial charge is 0.573 e. The fourth-order valence-corrected chi connectivity index (χ4v) is 1.23. The Labute approximate surface area is 112 Å².